The van der Waals surface area contributed by atoms with Crippen molar-refractivity contribution >= 4 is 39.3 Å². The molecule has 10 heteroatoms. The summed E-state index contributed by atoms with van der Waals surface area (Å²) >= 11 is 9.09. The second-order valence-electron chi connectivity index (χ2n) is 6.33. The lowest BCUT2D eigenvalue weighted by Gasteiger charge is -2.20. The van der Waals surface area contributed by atoms with Gasteiger partial charge < -0.3 is 10.6 Å². The van der Waals surface area contributed by atoms with Gasteiger partial charge in [0.25, 0.3) is 5.56 Å². The summed E-state index contributed by atoms with van der Waals surface area (Å²) in [5.41, 5.74) is 4.67. The maximum Gasteiger partial charge on any atom is 0.333 e. The van der Waals surface area contributed by atoms with E-state index in [-0.39, 0.29) is 27.4 Å². The number of hydrogen-bond acceptors (Lipinski definition) is 4. The van der Waals surface area contributed by atoms with Gasteiger partial charge in [0.05, 0.1) is 0 Å². The zero-order chi connectivity index (χ0) is 21.0. The molecule has 28 heavy (non-hydrogen) atoms. The molecule has 0 spiro atoms. The molecule has 1 aromatic carbocycles. The Morgan fingerprint density at radius 1 is 1.32 bits per heavy atom. The van der Waals surface area contributed by atoms with Crippen LogP contribution in [0.3, 0.4) is 0 Å². The molecule has 0 bridgehead atoms. The van der Waals surface area contributed by atoms with Gasteiger partial charge in [-0.15, -0.1) is 0 Å². The number of halogens is 3. The quantitative estimate of drug-likeness (QED) is 0.666. The zero-order valence-corrected chi connectivity index (χ0v) is 17.9. The number of anilines is 1. The number of rotatable bonds is 7. The first-order chi connectivity index (χ1) is 13.2. The number of aromatic nitrogens is 2. The number of unbranched alkanes of at least 4 members (excludes halogenated alkanes) is 1. The molecule has 0 radical (unpaired) electrons. The number of carbonyl (C=O) groups excluding carboxylic acids is 1. The van der Waals surface area contributed by atoms with E-state index in [1.165, 1.54) is 34.7 Å². The molecule has 152 valence electrons. The van der Waals surface area contributed by atoms with Crippen molar-refractivity contribution in [3.05, 3.63) is 59.9 Å². The maximum absolute atomic E-state index is 13.9. The molecule has 2 N–H and O–H groups in total. The summed E-state index contributed by atoms with van der Waals surface area (Å²) in [4.78, 5) is 38.9. The molecule has 0 unspecified atom stereocenters. The van der Waals surface area contributed by atoms with Crippen LogP contribution in [-0.4, -0.2) is 27.0 Å². The molecule has 0 aliphatic rings. The highest BCUT2D eigenvalue weighted by molar-refractivity contribution is 9.10. The summed E-state index contributed by atoms with van der Waals surface area (Å²) in [7, 11) is 1.44. The van der Waals surface area contributed by atoms with Gasteiger partial charge in [0.2, 0.25) is 5.91 Å². The van der Waals surface area contributed by atoms with Crippen molar-refractivity contribution < 1.29 is 9.18 Å². The van der Waals surface area contributed by atoms with Crippen molar-refractivity contribution in [2.45, 2.75) is 39.4 Å². The van der Waals surface area contributed by atoms with Crippen LogP contribution in [0.1, 0.15) is 25.3 Å². The van der Waals surface area contributed by atoms with Crippen molar-refractivity contribution in [3.8, 4) is 0 Å². The lowest BCUT2D eigenvalue weighted by Crippen LogP contribution is -2.45. The van der Waals surface area contributed by atoms with E-state index in [4.69, 9.17) is 17.3 Å². The Hall–Kier alpha value is -2.13. The molecule has 0 saturated carbocycles. The SMILES string of the molecule is CCCCn1c(N)c(Br)c(=O)n(CC(=O)N(C)Cc2c(F)cccc2Cl)c1=O. The van der Waals surface area contributed by atoms with Crippen molar-refractivity contribution in [3.63, 3.8) is 0 Å². The van der Waals surface area contributed by atoms with Crippen LogP contribution in [0, 0.1) is 5.82 Å². The Morgan fingerprint density at radius 3 is 2.61 bits per heavy atom. The van der Waals surface area contributed by atoms with E-state index in [9.17, 15) is 18.8 Å². The summed E-state index contributed by atoms with van der Waals surface area (Å²) in [6, 6.07) is 4.23. The van der Waals surface area contributed by atoms with Crippen molar-refractivity contribution in [2.75, 3.05) is 12.8 Å². The molecule has 0 fully saturated rings. The Kier molecular flexibility index (Phi) is 7.42. The number of hydrogen-bond donors (Lipinski definition) is 1. The molecule has 0 aliphatic carbocycles. The van der Waals surface area contributed by atoms with Gasteiger partial charge in [0.1, 0.15) is 22.7 Å². The van der Waals surface area contributed by atoms with Gasteiger partial charge >= 0.3 is 5.69 Å². The van der Waals surface area contributed by atoms with E-state index in [2.05, 4.69) is 15.9 Å². The molecular weight excluding hydrogens is 455 g/mol. The number of nitrogens with two attached hydrogens (primary N) is 1. The first kappa shape index (κ1) is 22.2. The molecular formula is C18H21BrClFN4O3. The van der Waals surface area contributed by atoms with Gasteiger partial charge in [-0.2, -0.15) is 0 Å². The van der Waals surface area contributed by atoms with Crippen molar-refractivity contribution in [1.29, 1.82) is 0 Å². The second kappa shape index (κ2) is 9.38. The lowest BCUT2D eigenvalue weighted by atomic mass is 10.2. The van der Waals surface area contributed by atoms with E-state index >= 15 is 0 Å². The van der Waals surface area contributed by atoms with E-state index in [1.807, 2.05) is 6.92 Å². The van der Waals surface area contributed by atoms with E-state index in [1.54, 1.807) is 0 Å². The summed E-state index contributed by atoms with van der Waals surface area (Å²) in [6.07, 6.45) is 1.52. The Morgan fingerprint density at radius 2 is 2.00 bits per heavy atom. The van der Waals surface area contributed by atoms with Crippen molar-refractivity contribution in [1.82, 2.24) is 14.0 Å². The smallest absolute Gasteiger partial charge is 0.333 e. The van der Waals surface area contributed by atoms with Gasteiger partial charge in [-0.25, -0.2) is 13.8 Å². The fraction of sp³-hybridized carbons (Fsp3) is 0.389. The molecule has 0 saturated heterocycles. The van der Waals surface area contributed by atoms with Crippen LogP contribution in [0.2, 0.25) is 5.02 Å². The highest BCUT2D eigenvalue weighted by Gasteiger charge is 2.20. The Bertz CT molecular complexity index is 985. The third kappa shape index (κ3) is 4.64. The van der Waals surface area contributed by atoms with Crippen LogP contribution in [0.25, 0.3) is 0 Å². The number of nitrogens with zero attached hydrogens (tertiary/aromatic N) is 3. The molecule has 0 aliphatic heterocycles. The van der Waals surface area contributed by atoms with Gasteiger partial charge in [-0.3, -0.25) is 14.2 Å². The number of nitrogen functional groups attached to an aromatic ring is 1. The Balaban J connectivity index is 2.31. The molecule has 2 rings (SSSR count). The minimum atomic E-state index is -0.694. The molecule has 1 amide bonds. The lowest BCUT2D eigenvalue weighted by molar-refractivity contribution is -0.131. The van der Waals surface area contributed by atoms with Crippen LogP contribution in [0.15, 0.2) is 32.3 Å². The number of amides is 1. The van der Waals surface area contributed by atoms with Gasteiger partial charge in [-0.05, 0) is 34.5 Å². The normalized spacial score (nSPS) is 10.9. The fourth-order valence-corrected chi connectivity index (χ4v) is 3.27. The summed E-state index contributed by atoms with van der Waals surface area (Å²) < 4.78 is 16.0. The number of carbonyl (C=O) groups is 1. The highest BCUT2D eigenvalue weighted by atomic mass is 79.9. The predicted molar refractivity (Wildman–Crippen MR) is 110 cm³/mol. The fourth-order valence-electron chi connectivity index (χ4n) is 2.62. The van der Waals surface area contributed by atoms with Crippen LogP contribution >= 0.6 is 27.5 Å². The molecule has 1 heterocycles. The monoisotopic (exact) mass is 474 g/mol. The third-order valence-corrected chi connectivity index (χ3v) is 5.42. The van der Waals surface area contributed by atoms with Crippen LogP contribution < -0.4 is 17.0 Å². The number of likely N-dealkylation sites (N-methyl/N-ethyl adjacent to an activating group) is 1. The molecule has 1 aromatic heterocycles. The van der Waals surface area contributed by atoms with E-state index < -0.39 is 29.5 Å². The van der Waals surface area contributed by atoms with Gasteiger partial charge in [0, 0.05) is 30.7 Å². The Labute approximate surface area is 174 Å². The average Bonchev–Trinajstić information content (AvgIpc) is 2.66. The summed E-state index contributed by atoms with van der Waals surface area (Å²) in [5.74, 6) is -1.06. The van der Waals surface area contributed by atoms with Crippen molar-refractivity contribution in [2.24, 2.45) is 0 Å². The average molecular weight is 476 g/mol. The highest BCUT2D eigenvalue weighted by Crippen LogP contribution is 2.20. The minimum Gasteiger partial charge on any atom is -0.384 e. The van der Waals surface area contributed by atoms with Crippen LogP contribution in [0.4, 0.5) is 10.2 Å². The standard InChI is InChI=1S/C18H21BrClFN4O3/c1-3-4-8-24-16(22)15(19)17(27)25(18(24)28)10-14(26)23(2)9-11-12(20)6-5-7-13(11)21/h5-7H,3-4,8-10,22H2,1-2H3. The second-order valence-corrected chi connectivity index (χ2v) is 7.53. The largest absolute Gasteiger partial charge is 0.384 e. The van der Waals surface area contributed by atoms with Gasteiger partial charge in [0.15, 0.2) is 0 Å². The van der Waals surface area contributed by atoms with E-state index in [0.29, 0.717) is 13.0 Å². The number of benzene rings is 1. The first-order valence-electron chi connectivity index (χ1n) is 8.64. The summed E-state index contributed by atoms with van der Waals surface area (Å²) in [6.45, 7) is 1.69. The molecule has 2 aromatic rings. The topological polar surface area (TPSA) is 90.3 Å². The first-order valence-corrected chi connectivity index (χ1v) is 9.81. The summed E-state index contributed by atoms with van der Waals surface area (Å²) in [5, 5.41) is 0.189. The van der Waals surface area contributed by atoms with Crippen LogP contribution in [0.5, 0.6) is 0 Å². The minimum absolute atomic E-state index is 0.0239. The maximum atomic E-state index is 13.9. The predicted octanol–water partition coefficient (Wildman–Crippen LogP) is 2.61. The van der Waals surface area contributed by atoms with E-state index in [0.717, 1.165) is 11.0 Å². The molecule has 0 atom stereocenters. The third-order valence-electron chi connectivity index (χ3n) is 4.32. The zero-order valence-electron chi connectivity index (χ0n) is 15.5. The van der Waals surface area contributed by atoms with Gasteiger partial charge in [-0.1, -0.05) is 31.0 Å². The molecule has 7 nitrogen and oxygen atoms in total. The van der Waals surface area contributed by atoms with Crippen LogP contribution in [-0.2, 0) is 24.4 Å².